The summed E-state index contributed by atoms with van der Waals surface area (Å²) in [7, 11) is 1.34. The van der Waals surface area contributed by atoms with Gasteiger partial charge < -0.3 is 15.8 Å². The molecule has 0 heterocycles. The number of carbonyl (C=O) groups is 2. The van der Waals surface area contributed by atoms with Crippen molar-refractivity contribution in [2.24, 2.45) is 11.7 Å². The highest BCUT2D eigenvalue weighted by Crippen LogP contribution is 2.25. The number of carbonyl (C=O) groups excluding carboxylic acids is 2. The lowest BCUT2D eigenvalue weighted by atomic mass is 9.83. The van der Waals surface area contributed by atoms with Crippen LogP contribution in [0, 0.1) is 5.92 Å². The third-order valence-electron chi connectivity index (χ3n) is 4.52. The molecule has 0 aromatic heterocycles. The van der Waals surface area contributed by atoms with E-state index >= 15 is 0 Å². The lowest BCUT2D eigenvalue weighted by Gasteiger charge is -2.28. The third-order valence-corrected chi connectivity index (χ3v) is 4.52. The van der Waals surface area contributed by atoms with Gasteiger partial charge in [-0.05, 0) is 24.3 Å². The molecule has 3 N–H and O–H groups in total. The number of nitrogens with one attached hydrogen (secondary N) is 1. The van der Waals surface area contributed by atoms with Crippen molar-refractivity contribution in [2.75, 3.05) is 7.11 Å². The molecule has 1 aliphatic carbocycles. The molecule has 3 atom stereocenters. The van der Waals surface area contributed by atoms with Gasteiger partial charge in [0.15, 0.2) is 0 Å². The number of ether oxygens (including phenoxy) is 1. The van der Waals surface area contributed by atoms with Crippen molar-refractivity contribution in [3.8, 4) is 0 Å². The van der Waals surface area contributed by atoms with Crippen molar-refractivity contribution in [1.82, 2.24) is 5.32 Å². The Hall–Kier alpha value is -1.59. The van der Waals surface area contributed by atoms with Crippen LogP contribution < -0.4 is 11.1 Å². The fraction of sp³-hybridized carbons (Fsp3) is 0.556. The first-order valence-electron chi connectivity index (χ1n) is 8.27. The summed E-state index contributed by atoms with van der Waals surface area (Å²) in [6.07, 6.45) is 5.02. The van der Waals surface area contributed by atoms with Crippen LogP contribution in [0.15, 0.2) is 30.3 Å². The normalized spacial score (nSPS) is 21.2. The zero-order valence-corrected chi connectivity index (χ0v) is 14.9. The van der Waals surface area contributed by atoms with Crippen molar-refractivity contribution in [1.29, 1.82) is 0 Å². The molecule has 2 rings (SSSR count). The fourth-order valence-corrected chi connectivity index (χ4v) is 3.17. The van der Waals surface area contributed by atoms with E-state index in [9.17, 15) is 9.59 Å². The first-order valence-corrected chi connectivity index (χ1v) is 8.27. The molecule has 1 aromatic rings. The summed E-state index contributed by atoms with van der Waals surface area (Å²) in [5, 5.41) is 2.82. The molecule has 6 heteroatoms. The van der Waals surface area contributed by atoms with Gasteiger partial charge in [-0.15, -0.1) is 12.4 Å². The number of esters is 1. The molecule has 1 fully saturated rings. The van der Waals surface area contributed by atoms with Crippen molar-refractivity contribution >= 4 is 24.3 Å². The minimum atomic E-state index is -0.658. The van der Waals surface area contributed by atoms with E-state index in [4.69, 9.17) is 10.5 Å². The Morgan fingerprint density at radius 2 is 1.92 bits per heavy atom. The predicted molar refractivity (Wildman–Crippen MR) is 95.9 cm³/mol. The van der Waals surface area contributed by atoms with E-state index in [2.05, 4.69) is 5.32 Å². The van der Waals surface area contributed by atoms with Gasteiger partial charge >= 0.3 is 5.97 Å². The van der Waals surface area contributed by atoms with Crippen LogP contribution in [0.1, 0.15) is 37.7 Å². The fourth-order valence-electron chi connectivity index (χ4n) is 3.17. The van der Waals surface area contributed by atoms with E-state index < -0.39 is 12.0 Å². The molecule has 0 radical (unpaired) electrons. The maximum absolute atomic E-state index is 12.3. The smallest absolute Gasteiger partial charge is 0.328 e. The number of methoxy groups -OCH3 is 1. The summed E-state index contributed by atoms with van der Waals surface area (Å²) in [6, 6.07) is 9.02. The summed E-state index contributed by atoms with van der Waals surface area (Å²) in [5.41, 5.74) is 7.08. The average Bonchev–Trinajstić information content (AvgIpc) is 2.56. The Morgan fingerprint density at radius 1 is 1.25 bits per heavy atom. The van der Waals surface area contributed by atoms with Gasteiger partial charge in [-0.2, -0.15) is 0 Å². The summed E-state index contributed by atoms with van der Waals surface area (Å²) in [5.74, 6) is -0.340. The second-order valence-electron chi connectivity index (χ2n) is 6.25. The number of hydrogen-bond acceptors (Lipinski definition) is 4. The average molecular weight is 355 g/mol. The molecule has 134 valence electrons. The molecule has 0 bridgehead atoms. The van der Waals surface area contributed by atoms with Crippen LogP contribution in [0.2, 0.25) is 0 Å². The second kappa shape index (κ2) is 10.3. The van der Waals surface area contributed by atoms with Gasteiger partial charge in [0.1, 0.15) is 6.04 Å². The van der Waals surface area contributed by atoms with Crippen LogP contribution in [0.5, 0.6) is 0 Å². The van der Waals surface area contributed by atoms with E-state index in [1.54, 1.807) is 0 Å². The van der Waals surface area contributed by atoms with E-state index in [1.165, 1.54) is 7.11 Å². The topological polar surface area (TPSA) is 81.4 Å². The Bertz CT molecular complexity index is 524. The van der Waals surface area contributed by atoms with Crippen LogP contribution in [0.25, 0.3) is 0 Å². The summed E-state index contributed by atoms with van der Waals surface area (Å²) in [4.78, 5) is 24.3. The molecule has 1 amide bonds. The maximum Gasteiger partial charge on any atom is 0.328 e. The van der Waals surface area contributed by atoms with E-state index in [-0.39, 0.29) is 30.3 Å². The largest absolute Gasteiger partial charge is 0.467 e. The highest BCUT2D eigenvalue weighted by atomic mass is 35.5. The molecule has 0 spiro atoms. The van der Waals surface area contributed by atoms with E-state index in [0.29, 0.717) is 12.8 Å². The zero-order valence-electron chi connectivity index (χ0n) is 14.1. The first kappa shape index (κ1) is 20.5. The minimum absolute atomic E-state index is 0. The molecule has 1 aromatic carbocycles. The Labute approximate surface area is 149 Å². The number of hydrogen-bond donors (Lipinski definition) is 2. The molecule has 1 aliphatic rings. The number of amides is 1. The summed E-state index contributed by atoms with van der Waals surface area (Å²) < 4.78 is 4.82. The first-order chi connectivity index (χ1) is 11.1. The van der Waals surface area contributed by atoms with Crippen molar-refractivity contribution in [2.45, 2.75) is 50.6 Å². The molecule has 0 saturated heterocycles. The van der Waals surface area contributed by atoms with Crippen LogP contribution in [0.4, 0.5) is 0 Å². The molecule has 5 nitrogen and oxygen atoms in total. The van der Waals surface area contributed by atoms with Gasteiger partial charge in [0, 0.05) is 18.9 Å². The highest BCUT2D eigenvalue weighted by molar-refractivity contribution is 5.85. The summed E-state index contributed by atoms with van der Waals surface area (Å²) >= 11 is 0. The number of benzene rings is 1. The lowest BCUT2D eigenvalue weighted by molar-refractivity contribution is -0.145. The second-order valence-corrected chi connectivity index (χ2v) is 6.25. The highest BCUT2D eigenvalue weighted by Gasteiger charge is 2.27. The Kier molecular flexibility index (Phi) is 8.79. The predicted octanol–water partition coefficient (Wildman–Crippen LogP) is 2.22. The standard InChI is InChI=1S/C18H26N2O3.ClH/c1-23-18(22)16(11-13-7-3-2-4-8-13)20-17(21)12-14-9-5-6-10-15(14)19;/h2-4,7-8,14-16H,5-6,9-12,19H2,1H3,(H,20,21);1H. The third kappa shape index (κ3) is 6.13. The molecule has 3 unspecified atom stereocenters. The van der Waals surface area contributed by atoms with E-state index in [0.717, 1.165) is 31.2 Å². The Balaban J connectivity index is 0.00000288. The van der Waals surface area contributed by atoms with E-state index in [1.807, 2.05) is 30.3 Å². The summed E-state index contributed by atoms with van der Waals surface area (Å²) in [6.45, 7) is 0. The number of nitrogens with two attached hydrogens (primary N) is 1. The van der Waals surface area contributed by atoms with Gasteiger partial charge in [0.05, 0.1) is 7.11 Å². The van der Waals surface area contributed by atoms with Gasteiger partial charge in [-0.25, -0.2) is 4.79 Å². The Morgan fingerprint density at radius 3 is 2.54 bits per heavy atom. The number of rotatable bonds is 6. The minimum Gasteiger partial charge on any atom is -0.467 e. The van der Waals surface area contributed by atoms with Gasteiger partial charge in [0.25, 0.3) is 0 Å². The van der Waals surface area contributed by atoms with Crippen LogP contribution in [-0.2, 0) is 20.7 Å². The van der Waals surface area contributed by atoms with Crippen molar-refractivity contribution < 1.29 is 14.3 Å². The monoisotopic (exact) mass is 354 g/mol. The molecule has 1 saturated carbocycles. The maximum atomic E-state index is 12.3. The van der Waals surface area contributed by atoms with Gasteiger partial charge in [-0.1, -0.05) is 43.2 Å². The SMILES string of the molecule is COC(=O)C(Cc1ccccc1)NC(=O)CC1CCCCC1N.Cl. The molecule has 24 heavy (non-hydrogen) atoms. The van der Waals surface area contributed by atoms with Crippen LogP contribution in [0.3, 0.4) is 0 Å². The van der Waals surface area contributed by atoms with Crippen molar-refractivity contribution in [3.05, 3.63) is 35.9 Å². The number of halogens is 1. The molecular weight excluding hydrogens is 328 g/mol. The van der Waals surface area contributed by atoms with Gasteiger partial charge in [0.2, 0.25) is 5.91 Å². The van der Waals surface area contributed by atoms with Crippen LogP contribution in [-0.4, -0.2) is 31.1 Å². The zero-order chi connectivity index (χ0) is 16.7. The molecule has 0 aliphatic heterocycles. The van der Waals surface area contributed by atoms with Crippen LogP contribution >= 0.6 is 12.4 Å². The van der Waals surface area contributed by atoms with Crippen molar-refractivity contribution in [3.63, 3.8) is 0 Å². The van der Waals surface area contributed by atoms with Gasteiger partial charge in [-0.3, -0.25) is 4.79 Å². The molecular formula is C18H27ClN2O3. The quantitative estimate of drug-likeness (QED) is 0.767. The lowest BCUT2D eigenvalue weighted by Crippen LogP contribution is -2.45.